The summed E-state index contributed by atoms with van der Waals surface area (Å²) in [4.78, 5) is 15.0. The predicted molar refractivity (Wildman–Crippen MR) is 119 cm³/mol. The highest BCUT2D eigenvalue weighted by Crippen LogP contribution is 2.25. The number of hydrogen-bond donors (Lipinski definition) is 1. The van der Waals surface area contributed by atoms with Crippen molar-refractivity contribution in [2.45, 2.75) is 51.5 Å². The van der Waals surface area contributed by atoms with Gasteiger partial charge in [-0.15, -0.1) is 0 Å². The van der Waals surface area contributed by atoms with Crippen LogP contribution in [0.3, 0.4) is 0 Å². The van der Waals surface area contributed by atoms with Gasteiger partial charge in [0.15, 0.2) is 0 Å². The summed E-state index contributed by atoms with van der Waals surface area (Å²) in [5, 5.41) is 3.06. The van der Waals surface area contributed by atoms with Gasteiger partial charge >= 0.3 is 0 Å². The summed E-state index contributed by atoms with van der Waals surface area (Å²) in [6, 6.07) is 20.0. The molecule has 5 heteroatoms. The quantitative estimate of drug-likeness (QED) is 0.719. The number of carbonyl (C=O) groups is 1. The number of rotatable bonds is 8. The van der Waals surface area contributed by atoms with Crippen LogP contribution < -0.4 is 5.32 Å². The van der Waals surface area contributed by atoms with Crippen molar-refractivity contribution in [2.24, 2.45) is 0 Å². The number of nitrogens with zero attached hydrogens (tertiary/aromatic N) is 1. The summed E-state index contributed by atoms with van der Waals surface area (Å²) in [6.07, 6.45) is 0.126. The van der Waals surface area contributed by atoms with E-state index in [1.54, 1.807) is 0 Å². The summed E-state index contributed by atoms with van der Waals surface area (Å²) in [5.41, 5.74) is 1.92. The molecule has 162 valence electrons. The average molecular weight is 411 g/mol. The Hall–Kier alpha value is -2.21. The van der Waals surface area contributed by atoms with E-state index in [4.69, 9.17) is 9.47 Å². The first-order valence-corrected chi connectivity index (χ1v) is 10.7. The zero-order valence-corrected chi connectivity index (χ0v) is 18.5. The summed E-state index contributed by atoms with van der Waals surface area (Å²) >= 11 is 0. The minimum Gasteiger partial charge on any atom is -0.373 e. The Morgan fingerprint density at radius 1 is 1.03 bits per heavy atom. The maximum Gasteiger partial charge on any atom is 0.246 e. The second-order valence-electron chi connectivity index (χ2n) is 8.76. The van der Waals surface area contributed by atoms with E-state index in [2.05, 4.69) is 37.9 Å². The molecule has 3 rings (SSSR count). The molecule has 0 aromatic heterocycles. The van der Waals surface area contributed by atoms with Crippen molar-refractivity contribution >= 4 is 5.91 Å². The highest BCUT2D eigenvalue weighted by molar-refractivity contribution is 5.77. The molecule has 0 aliphatic carbocycles. The van der Waals surface area contributed by atoms with Crippen LogP contribution in [0, 0.1) is 0 Å². The molecule has 2 aromatic carbocycles. The molecule has 1 saturated heterocycles. The number of ether oxygens (including phenoxy) is 2. The Labute approximate surface area is 180 Å². The normalized spacial score (nSPS) is 20.3. The third kappa shape index (κ3) is 6.14. The number of nitrogens with one attached hydrogen (secondary N) is 1. The lowest BCUT2D eigenvalue weighted by Gasteiger charge is -2.45. The lowest BCUT2D eigenvalue weighted by atomic mass is 10.00. The van der Waals surface area contributed by atoms with Gasteiger partial charge in [0, 0.05) is 25.2 Å². The van der Waals surface area contributed by atoms with Crippen molar-refractivity contribution in [3.8, 4) is 0 Å². The van der Waals surface area contributed by atoms with Crippen LogP contribution in [0.4, 0.5) is 0 Å². The van der Waals surface area contributed by atoms with Gasteiger partial charge in [0.25, 0.3) is 0 Å². The van der Waals surface area contributed by atoms with Gasteiger partial charge in [0.05, 0.1) is 12.2 Å². The van der Waals surface area contributed by atoms with Gasteiger partial charge in [-0.05, 0) is 38.8 Å². The molecular weight excluding hydrogens is 376 g/mol. The number of morpholine rings is 1. The topological polar surface area (TPSA) is 50.8 Å². The third-order valence-corrected chi connectivity index (χ3v) is 5.58. The summed E-state index contributed by atoms with van der Waals surface area (Å²) in [7, 11) is 0. The van der Waals surface area contributed by atoms with E-state index in [0.29, 0.717) is 6.54 Å². The van der Waals surface area contributed by atoms with Crippen molar-refractivity contribution in [1.82, 2.24) is 10.2 Å². The van der Waals surface area contributed by atoms with Crippen LogP contribution in [-0.4, -0.2) is 54.8 Å². The van der Waals surface area contributed by atoms with Crippen molar-refractivity contribution in [2.75, 3.05) is 26.2 Å². The second-order valence-corrected chi connectivity index (χ2v) is 8.76. The molecule has 2 aromatic rings. The van der Waals surface area contributed by atoms with E-state index in [1.165, 1.54) is 0 Å². The molecule has 5 nitrogen and oxygen atoms in total. The van der Waals surface area contributed by atoms with Gasteiger partial charge in [0.2, 0.25) is 5.91 Å². The fourth-order valence-electron chi connectivity index (χ4n) is 3.95. The molecule has 1 fully saturated rings. The minimum atomic E-state index is -0.271. The zero-order chi connectivity index (χ0) is 21.6. The summed E-state index contributed by atoms with van der Waals surface area (Å²) in [5.74, 6) is -0.103. The van der Waals surface area contributed by atoms with E-state index in [1.807, 2.05) is 60.7 Å². The Bertz CT molecular complexity index is 745. The molecule has 1 amide bonds. The van der Waals surface area contributed by atoms with Gasteiger partial charge in [0.1, 0.15) is 12.7 Å². The Morgan fingerprint density at radius 2 is 1.53 bits per heavy atom. The van der Waals surface area contributed by atoms with Crippen LogP contribution in [0.2, 0.25) is 0 Å². The van der Waals surface area contributed by atoms with Gasteiger partial charge in [-0.1, -0.05) is 60.7 Å². The zero-order valence-electron chi connectivity index (χ0n) is 18.5. The van der Waals surface area contributed by atoms with Crippen molar-refractivity contribution in [3.63, 3.8) is 0 Å². The molecule has 1 aliphatic heterocycles. The molecule has 1 N–H and O–H groups in total. The molecule has 30 heavy (non-hydrogen) atoms. The van der Waals surface area contributed by atoms with E-state index in [-0.39, 0.29) is 36.4 Å². The summed E-state index contributed by atoms with van der Waals surface area (Å²) < 4.78 is 11.9. The van der Waals surface area contributed by atoms with E-state index in [9.17, 15) is 4.79 Å². The number of carbonyl (C=O) groups excluding carboxylic acids is 1. The van der Waals surface area contributed by atoms with Crippen LogP contribution in [0.25, 0.3) is 0 Å². The molecule has 0 radical (unpaired) electrons. The predicted octanol–water partition coefficient (Wildman–Crippen LogP) is 3.80. The first-order chi connectivity index (χ1) is 14.3. The SMILES string of the molecule is C[C@@H]1CN(C(C)(C)CNC(=O)COC(c2ccccc2)c2ccccc2)C[C@H](C)O1. The monoisotopic (exact) mass is 410 g/mol. The van der Waals surface area contributed by atoms with Crippen molar-refractivity contribution in [1.29, 1.82) is 0 Å². The maximum absolute atomic E-state index is 12.6. The lowest BCUT2D eigenvalue weighted by Crippen LogP contribution is -2.58. The first kappa shape index (κ1) is 22.5. The van der Waals surface area contributed by atoms with Gasteiger partial charge in [-0.3, -0.25) is 9.69 Å². The highest BCUT2D eigenvalue weighted by atomic mass is 16.5. The van der Waals surface area contributed by atoms with Crippen LogP contribution in [-0.2, 0) is 14.3 Å². The molecule has 0 bridgehead atoms. The van der Waals surface area contributed by atoms with E-state index < -0.39 is 0 Å². The van der Waals surface area contributed by atoms with Crippen LogP contribution in [0.1, 0.15) is 44.9 Å². The van der Waals surface area contributed by atoms with Gasteiger partial charge in [-0.25, -0.2) is 0 Å². The smallest absolute Gasteiger partial charge is 0.246 e. The largest absolute Gasteiger partial charge is 0.373 e. The maximum atomic E-state index is 12.6. The van der Waals surface area contributed by atoms with E-state index >= 15 is 0 Å². The van der Waals surface area contributed by atoms with Crippen LogP contribution >= 0.6 is 0 Å². The standard InChI is InChI=1S/C25H34N2O3/c1-19-15-27(16-20(2)30-19)25(3,4)18-26-23(28)17-29-24(21-11-7-5-8-12-21)22-13-9-6-10-14-22/h5-14,19-20,24H,15-18H2,1-4H3,(H,26,28)/t19-,20+. The third-order valence-electron chi connectivity index (χ3n) is 5.58. The molecular formula is C25H34N2O3. The molecule has 2 atom stereocenters. The second kappa shape index (κ2) is 10.2. The van der Waals surface area contributed by atoms with Crippen molar-refractivity contribution in [3.05, 3.63) is 71.8 Å². The van der Waals surface area contributed by atoms with Crippen LogP contribution in [0.5, 0.6) is 0 Å². The Balaban J connectivity index is 1.57. The van der Waals surface area contributed by atoms with Gasteiger partial charge in [-0.2, -0.15) is 0 Å². The van der Waals surface area contributed by atoms with Crippen LogP contribution in [0.15, 0.2) is 60.7 Å². The fourth-order valence-corrected chi connectivity index (χ4v) is 3.95. The summed E-state index contributed by atoms with van der Waals surface area (Å²) in [6.45, 7) is 10.8. The lowest BCUT2D eigenvalue weighted by molar-refractivity contribution is -0.128. The number of amides is 1. The molecule has 0 unspecified atom stereocenters. The molecule has 1 aliphatic rings. The van der Waals surface area contributed by atoms with E-state index in [0.717, 1.165) is 24.2 Å². The fraction of sp³-hybridized carbons (Fsp3) is 0.480. The Kier molecular flexibility index (Phi) is 7.64. The molecule has 0 spiro atoms. The molecule has 1 heterocycles. The average Bonchev–Trinajstić information content (AvgIpc) is 2.73. The number of hydrogen-bond acceptors (Lipinski definition) is 4. The molecule has 0 saturated carbocycles. The Morgan fingerprint density at radius 3 is 2.03 bits per heavy atom. The first-order valence-electron chi connectivity index (χ1n) is 10.7. The highest BCUT2D eigenvalue weighted by Gasteiger charge is 2.33. The van der Waals surface area contributed by atoms with Gasteiger partial charge < -0.3 is 14.8 Å². The minimum absolute atomic E-state index is 0.0143. The van der Waals surface area contributed by atoms with Crippen molar-refractivity contribution < 1.29 is 14.3 Å². The number of benzene rings is 2.